The molecule has 0 radical (unpaired) electrons. The highest BCUT2D eigenvalue weighted by atomic mass is 16.5. The number of ketones is 1. The molecular formula is C15H16O2. The van der Waals surface area contributed by atoms with Crippen LogP contribution in [0.4, 0.5) is 0 Å². The van der Waals surface area contributed by atoms with E-state index in [9.17, 15) is 4.79 Å². The lowest BCUT2D eigenvalue weighted by Crippen LogP contribution is -2.07. The van der Waals surface area contributed by atoms with E-state index in [0.29, 0.717) is 0 Å². The minimum Gasteiger partial charge on any atom is -0.496 e. The van der Waals surface area contributed by atoms with Crippen LogP contribution in [-0.4, -0.2) is 12.9 Å². The van der Waals surface area contributed by atoms with Gasteiger partial charge in [-0.15, -0.1) is 0 Å². The number of fused-ring (bicyclic) bond motifs is 1. The van der Waals surface area contributed by atoms with Gasteiger partial charge in [-0.1, -0.05) is 37.3 Å². The Morgan fingerprint density at radius 3 is 2.53 bits per heavy atom. The number of benzene rings is 2. The molecular weight excluding hydrogens is 212 g/mol. The molecule has 2 aromatic rings. The molecule has 0 N–H and O–H groups in total. The Morgan fingerprint density at radius 2 is 1.88 bits per heavy atom. The summed E-state index contributed by atoms with van der Waals surface area (Å²) in [7, 11) is 1.64. The van der Waals surface area contributed by atoms with Crippen molar-refractivity contribution < 1.29 is 9.53 Å². The smallest absolute Gasteiger partial charge is 0.137 e. The number of carbonyl (C=O) groups is 1. The van der Waals surface area contributed by atoms with Crippen LogP contribution >= 0.6 is 0 Å². The number of rotatable bonds is 3. The van der Waals surface area contributed by atoms with Crippen molar-refractivity contribution in [2.75, 3.05) is 7.11 Å². The molecule has 0 spiro atoms. The Balaban J connectivity index is 2.75. The molecule has 2 nitrogen and oxygen atoms in total. The van der Waals surface area contributed by atoms with E-state index < -0.39 is 0 Å². The van der Waals surface area contributed by atoms with Crippen LogP contribution in [0.3, 0.4) is 0 Å². The lowest BCUT2D eigenvalue weighted by atomic mass is 9.91. The Kier molecular flexibility index (Phi) is 3.14. The molecule has 0 aliphatic rings. The van der Waals surface area contributed by atoms with Crippen LogP contribution in [0.5, 0.6) is 5.75 Å². The predicted molar refractivity (Wildman–Crippen MR) is 69.6 cm³/mol. The molecule has 2 aromatic carbocycles. The standard InChI is InChI=1S/C15H16O2/c1-10(11(2)16)15-13-7-5-4-6-12(13)8-9-14(15)17-3/h4-10H,1-3H3. The summed E-state index contributed by atoms with van der Waals surface area (Å²) in [6, 6.07) is 12.0. The average molecular weight is 228 g/mol. The van der Waals surface area contributed by atoms with Crippen LogP contribution in [0.15, 0.2) is 36.4 Å². The number of Topliss-reactive ketones (excluding diaryl/α,β-unsaturated/α-hetero) is 1. The van der Waals surface area contributed by atoms with Crippen molar-refractivity contribution in [2.45, 2.75) is 19.8 Å². The third-order valence-corrected chi connectivity index (χ3v) is 3.19. The minimum absolute atomic E-state index is 0.143. The van der Waals surface area contributed by atoms with Crippen molar-refractivity contribution in [2.24, 2.45) is 0 Å². The van der Waals surface area contributed by atoms with Gasteiger partial charge in [-0.05, 0) is 23.8 Å². The first-order valence-corrected chi connectivity index (χ1v) is 5.71. The fraction of sp³-hybridized carbons (Fsp3) is 0.267. The van der Waals surface area contributed by atoms with Crippen molar-refractivity contribution in [3.8, 4) is 5.75 Å². The van der Waals surface area contributed by atoms with Crippen molar-refractivity contribution in [1.29, 1.82) is 0 Å². The quantitative estimate of drug-likeness (QED) is 0.803. The summed E-state index contributed by atoms with van der Waals surface area (Å²) in [6.45, 7) is 3.54. The first-order chi connectivity index (χ1) is 8.15. The third kappa shape index (κ3) is 2.03. The molecule has 17 heavy (non-hydrogen) atoms. The van der Waals surface area contributed by atoms with Gasteiger partial charge in [0.1, 0.15) is 11.5 Å². The van der Waals surface area contributed by atoms with Gasteiger partial charge in [-0.3, -0.25) is 4.79 Å². The van der Waals surface area contributed by atoms with Crippen LogP contribution in [-0.2, 0) is 4.79 Å². The molecule has 0 saturated heterocycles. The maximum atomic E-state index is 11.6. The largest absolute Gasteiger partial charge is 0.496 e. The minimum atomic E-state index is -0.143. The highest BCUT2D eigenvalue weighted by Crippen LogP contribution is 2.34. The molecule has 0 aromatic heterocycles. The summed E-state index contributed by atoms with van der Waals surface area (Å²) in [5, 5.41) is 2.23. The number of ether oxygens (including phenoxy) is 1. The van der Waals surface area contributed by atoms with Gasteiger partial charge in [0.05, 0.1) is 7.11 Å². The molecule has 0 aliphatic heterocycles. The topological polar surface area (TPSA) is 26.3 Å². The Bertz CT molecular complexity index is 558. The molecule has 0 bridgehead atoms. The second kappa shape index (κ2) is 4.58. The molecule has 88 valence electrons. The maximum Gasteiger partial charge on any atom is 0.137 e. The molecule has 0 fully saturated rings. The summed E-state index contributed by atoms with van der Waals surface area (Å²) in [4.78, 5) is 11.6. The number of carbonyl (C=O) groups excluding carboxylic acids is 1. The van der Waals surface area contributed by atoms with Gasteiger partial charge in [0.15, 0.2) is 0 Å². The monoisotopic (exact) mass is 228 g/mol. The van der Waals surface area contributed by atoms with E-state index in [1.165, 1.54) is 0 Å². The van der Waals surface area contributed by atoms with E-state index in [2.05, 4.69) is 0 Å². The summed E-state index contributed by atoms with van der Waals surface area (Å²) in [5.41, 5.74) is 0.984. The molecule has 0 aliphatic carbocycles. The highest BCUT2D eigenvalue weighted by molar-refractivity contribution is 5.94. The van der Waals surface area contributed by atoms with Crippen molar-refractivity contribution in [1.82, 2.24) is 0 Å². The van der Waals surface area contributed by atoms with Crippen LogP contribution < -0.4 is 4.74 Å². The van der Waals surface area contributed by atoms with Gasteiger partial charge in [0.25, 0.3) is 0 Å². The SMILES string of the molecule is COc1ccc2ccccc2c1C(C)C(C)=O. The third-order valence-electron chi connectivity index (χ3n) is 3.19. The fourth-order valence-electron chi connectivity index (χ4n) is 2.10. The number of methoxy groups -OCH3 is 1. The summed E-state index contributed by atoms with van der Waals surface area (Å²) in [6.07, 6.45) is 0. The molecule has 0 heterocycles. The second-order valence-electron chi connectivity index (χ2n) is 4.23. The van der Waals surface area contributed by atoms with E-state index in [-0.39, 0.29) is 11.7 Å². The first-order valence-electron chi connectivity index (χ1n) is 5.71. The van der Waals surface area contributed by atoms with E-state index in [1.807, 2.05) is 43.3 Å². The zero-order chi connectivity index (χ0) is 12.4. The number of hydrogen-bond donors (Lipinski definition) is 0. The van der Waals surface area contributed by atoms with Gasteiger partial charge >= 0.3 is 0 Å². The van der Waals surface area contributed by atoms with E-state index in [4.69, 9.17) is 4.74 Å². The first kappa shape index (κ1) is 11.6. The Morgan fingerprint density at radius 1 is 1.18 bits per heavy atom. The number of hydrogen-bond acceptors (Lipinski definition) is 2. The molecule has 0 saturated carbocycles. The van der Waals surface area contributed by atoms with E-state index >= 15 is 0 Å². The van der Waals surface area contributed by atoms with Crippen LogP contribution in [0.2, 0.25) is 0 Å². The zero-order valence-corrected chi connectivity index (χ0v) is 10.4. The van der Waals surface area contributed by atoms with E-state index in [1.54, 1.807) is 14.0 Å². The van der Waals surface area contributed by atoms with Gasteiger partial charge < -0.3 is 4.74 Å². The molecule has 1 atom stereocenters. The Hall–Kier alpha value is -1.83. The van der Waals surface area contributed by atoms with Gasteiger partial charge in [-0.2, -0.15) is 0 Å². The van der Waals surface area contributed by atoms with Gasteiger partial charge in [0, 0.05) is 11.5 Å². The molecule has 0 amide bonds. The summed E-state index contributed by atoms with van der Waals surface area (Å²) < 4.78 is 5.37. The Labute approximate surface area is 101 Å². The zero-order valence-electron chi connectivity index (χ0n) is 10.4. The average Bonchev–Trinajstić information content (AvgIpc) is 2.36. The van der Waals surface area contributed by atoms with Gasteiger partial charge in [0.2, 0.25) is 0 Å². The van der Waals surface area contributed by atoms with Crippen LogP contribution in [0.1, 0.15) is 25.3 Å². The maximum absolute atomic E-state index is 11.6. The van der Waals surface area contributed by atoms with Crippen molar-refractivity contribution in [3.05, 3.63) is 42.0 Å². The fourth-order valence-corrected chi connectivity index (χ4v) is 2.10. The summed E-state index contributed by atoms with van der Waals surface area (Å²) >= 11 is 0. The lowest BCUT2D eigenvalue weighted by Gasteiger charge is -2.16. The van der Waals surface area contributed by atoms with Crippen LogP contribution in [0.25, 0.3) is 10.8 Å². The van der Waals surface area contributed by atoms with Crippen LogP contribution in [0, 0.1) is 0 Å². The lowest BCUT2D eigenvalue weighted by molar-refractivity contribution is -0.118. The van der Waals surface area contributed by atoms with Crippen molar-refractivity contribution >= 4 is 16.6 Å². The predicted octanol–water partition coefficient (Wildman–Crippen LogP) is 3.54. The van der Waals surface area contributed by atoms with Gasteiger partial charge in [-0.25, -0.2) is 0 Å². The van der Waals surface area contributed by atoms with E-state index in [0.717, 1.165) is 22.1 Å². The van der Waals surface area contributed by atoms with Crippen molar-refractivity contribution in [3.63, 3.8) is 0 Å². The highest BCUT2D eigenvalue weighted by Gasteiger charge is 2.18. The summed E-state index contributed by atoms with van der Waals surface area (Å²) in [5.74, 6) is 0.794. The normalized spacial score (nSPS) is 12.4. The molecule has 1 unspecified atom stereocenters. The molecule has 2 rings (SSSR count). The molecule has 2 heteroatoms. The second-order valence-corrected chi connectivity index (χ2v) is 4.23.